The van der Waals surface area contributed by atoms with E-state index in [0.717, 1.165) is 15.5 Å². The number of aromatic nitrogens is 2. The Morgan fingerprint density at radius 3 is 2.67 bits per heavy atom. The van der Waals surface area contributed by atoms with Crippen LogP contribution in [0.1, 0.15) is 0 Å². The van der Waals surface area contributed by atoms with Gasteiger partial charge in [-0.3, -0.25) is 4.98 Å². The van der Waals surface area contributed by atoms with E-state index in [1.165, 1.54) is 6.07 Å². The van der Waals surface area contributed by atoms with Crippen LogP contribution in [0.25, 0.3) is 22.3 Å². The van der Waals surface area contributed by atoms with Gasteiger partial charge < -0.3 is 0 Å². The second-order valence-corrected chi connectivity index (χ2v) is 4.78. The Labute approximate surface area is 112 Å². The molecule has 0 radical (unpaired) electrons. The second-order valence-electron chi connectivity index (χ2n) is 3.87. The molecule has 1 aromatic heterocycles. The predicted molar refractivity (Wildman–Crippen MR) is 72.6 cm³/mol. The molecule has 0 N–H and O–H groups in total. The highest BCUT2D eigenvalue weighted by Crippen LogP contribution is 2.23. The smallest absolute Gasteiger partial charge is 0.132 e. The molecule has 4 heteroatoms. The molecule has 0 fully saturated rings. The van der Waals surface area contributed by atoms with Gasteiger partial charge >= 0.3 is 0 Å². The molecule has 18 heavy (non-hydrogen) atoms. The van der Waals surface area contributed by atoms with E-state index in [1.807, 2.05) is 18.2 Å². The maximum Gasteiger partial charge on any atom is 0.132 e. The van der Waals surface area contributed by atoms with Gasteiger partial charge in [0.2, 0.25) is 0 Å². The molecule has 2 aromatic carbocycles. The molecule has 0 aliphatic heterocycles. The van der Waals surface area contributed by atoms with Gasteiger partial charge in [-0.15, -0.1) is 0 Å². The number of benzene rings is 2. The fourth-order valence-electron chi connectivity index (χ4n) is 1.78. The molecule has 0 aliphatic carbocycles. The van der Waals surface area contributed by atoms with Crippen LogP contribution in [0.5, 0.6) is 0 Å². The van der Waals surface area contributed by atoms with E-state index in [4.69, 9.17) is 0 Å². The first kappa shape index (κ1) is 11.3. The van der Waals surface area contributed by atoms with Gasteiger partial charge in [-0.25, -0.2) is 9.37 Å². The van der Waals surface area contributed by atoms with E-state index >= 15 is 0 Å². The molecule has 2 nitrogen and oxygen atoms in total. The molecule has 0 amide bonds. The summed E-state index contributed by atoms with van der Waals surface area (Å²) < 4.78 is 14.6. The highest BCUT2D eigenvalue weighted by atomic mass is 79.9. The molecular weight excluding hydrogens is 295 g/mol. The van der Waals surface area contributed by atoms with E-state index in [0.29, 0.717) is 11.3 Å². The molecule has 0 atom stereocenters. The van der Waals surface area contributed by atoms with Crippen molar-refractivity contribution in [2.75, 3.05) is 0 Å². The van der Waals surface area contributed by atoms with Crippen LogP contribution in [-0.4, -0.2) is 9.97 Å². The average molecular weight is 303 g/mol. The minimum atomic E-state index is -0.289. The van der Waals surface area contributed by atoms with Crippen LogP contribution in [0.2, 0.25) is 0 Å². The van der Waals surface area contributed by atoms with Gasteiger partial charge in [-0.1, -0.05) is 28.1 Å². The largest absolute Gasteiger partial charge is 0.252 e. The van der Waals surface area contributed by atoms with Crippen LogP contribution in [0.3, 0.4) is 0 Å². The van der Waals surface area contributed by atoms with Crippen molar-refractivity contribution >= 4 is 27.0 Å². The Morgan fingerprint density at radius 1 is 1.00 bits per heavy atom. The lowest BCUT2D eigenvalue weighted by Gasteiger charge is -2.04. The van der Waals surface area contributed by atoms with Crippen LogP contribution >= 0.6 is 15.9 Å². The first-order valence-corrected chi connectivity index (χ1v) is 6.20. The molecule has 0 aliphatic rings. The van der Waals surface area contributed by atoms with Crippen molar-refractivity contribution in [2.45, 2.75) is 0 Å². The number of fused-ring (bicyclic) bond motifs is 1. The van der Waals surface area contributed by atoms with Gasteiger partial charge in [-0.05, 0) is 30.3 Å². The third kappa shape index (κ3) is 1.99. The van der Waals surface area contributed by atoms with Gasteiger partial charge in [0, 0.05) is 10.0 Å². The van der Waals surface area contributed by atoms with Gasteiger partial charge in [-0.2, -0.15) is 0 Å². The standard InChI is InChI=1S/C14H8BrFN2/c15-9-5-6-12-13(7-9)17-8-14(18-12)10-3-1-2-4-11(10)16/h1-8H. The summed E-state index contributed by atoms with van der Waals surface area (Å²) in [4.78, 5) is 8.72. The number of halogens is 2. The number of nitrogens with zero attached hydrogens (tertiary/aromatic N) is 2. The molecule has 3 rings (SSSR count). The first-order valence-electron chi connectivity index (χ1n) is 5.41. The van der Waals surface area contributed by atoms with E-state index < -0.39 is 0 Å². The van der Waals surface area contributed by atoms with Crippen LogP contribution in [0.4, 0.5) is 4.39 Å². The fraction of sp³-hybridized carbons (Fsp3) is 0. The molecule has 88 valence electrons. The lowest BCUT2D eigenvalue weighted by atomic mass is 10.1. The van der Waals surface area contributed by atoms with Gasteiger partial charge in [0.25, 0.3) is 0 Å². The molecule has 0 saturated carbocycles. The predicted octanol–water partition coefficient (Wildman–Crippen LogP) is 4.20. The van der Waals surface area contributed by atoms with Crippen molar-refractivity contribution in [2.24, 2.45) is 0 Å². The van der Waals surface area contributed by atoms with Crippen molar-refractivity contribution in [1.82, 2.24) is 9.97 Å². The minimum Gasteiger partial charge on any atom is -0.252 e. The maximum absolute atomic E-state index is 13.7. The van der Waals surface area contributed by atoms with Crippen LogP contribution in [0.15, 0.2) is 53.1 Å². The van der Waals surface area contributed by atoms with Crippen LogP contribution < -0.4 is 0 Å². The van der Waals surface area contributed by atoms with E-state index in [2.05, 4.69) is 25.9 Å². The van der Waals surface area contributed by atoms with E-state index in [-0.39, 0.29) is 5.82 Å². The first-order chi connectivity index (χ1) is 8.74. The number of rotatable bonds is 1. The summed E-state index contributed by atoms with van der Waals surface area (Å²) in [5.74, 6) is -0.289. The lowest BCUT2D eigenvalue weighted by molar-refractivity contribution is 0.630. The topological polar surface area (TPSA) is 25.8 Å². The maximum atomic E-state index is 13.7. The van der Waals surface area contributed by atoms with E-state index in [9.17, 15) is 4.39 Å². The Balaban J connectivity index is 2.20. The normalized spacial score (nSPS) is 10.8. The lowest BCUT2D eigenvalue weighted by Crippen LogP contribution is -1.91. The van der Waals surface area contributed by atoms with Crippen molar-refractivity contribution in [3.05, 3.63) is 59.0 Å². The van der Waals surface area contributed by atoms with Crippen molar-refractivity contribution < 1.29 is 4.39 Å². The van der Waals surface area contributed by atoms with Gasteiger partial charge in [0.05, 0.1) is 22.9 Å². The van der Waals surface area contributed by atoms with Crippen LogP contribution in [-0.2, 0) is 0 Å². The van der Waals surface area contributed by atoms with Crippen molar-refractivity contribution in [3.63, 3.8) is 0 Å². The molecule has 0 spiro atoms. The van der Waals surface area contributed by atoms with Gasteiger partial charge in [0.1, 0.15) is 5.82 Å². The molecule has 0 bridgehead atoms. The average Bonchev–Trinajstić information content (AvgIpc) is 2.39. The third-order valence-corrected chi connectivity index (χ3v) is 3.15. The summed E-state index contributed by atoms with van der Waals surface area (Å²) in [6, 6.07) is 12.2. The summed E-state index contributed by atoms with van der Waals surface area (Å²) in [5, 5.41) is 0. The summed E-state index contributed by atoms with van der Waals surface area (Å²) in [6.45, 7) is 0. The zero-order chi connectivity index (χ0) is 12.5. The molecule has 0 saturated heterocycles. The number of hydrogen-bond donors (Lipinski definition) is 0. The Hall–Kier alpha value is -1.81. The molecule has 1 heterocycles. The highest BCUT2D eigenvalue weighted by molar-refractivity contribution is 9.10. The zero-order valence-corrected chi connectivity index (χ0v) is 10.9. The summed E-state index contributed by atoms with van der Waals surface area (Å²) in [6.07, 6.45) is 1.59. The Morgan fingerprint density at radius 2 is 1.83 bits per heavy atom. The zero-order valence-electron chi connectivity index (χ0n) is 9.27. The Bertz CT molecular complexity index is 728. The van der Waals surface area contributed by atoms with Crippen molar-refractivity contribution in [1.29, 1.82) is 0 Å². The summed E-state index contributed by atoms with van der Waals surface area (Å²) in [7, 11) is 0. The van der Waals surface area contributed by atoms with Crippen molar-refractivity contribution in [3.8, 4) is 11.3 Å². The van der Waals surface area contributed by atoms with Crippen LogP contribution in [0, 0.1) is 5.82 Å². The second kappa shape index (κ2) is 4.46. The quantitative estimate of drug-likeness (QED) is 0.673. The third-order valence-electron chi connectivity index (χ3n) is 2.65. The summed E-state index contributed by atoms with van der Waals surface area (Å²) >= 11 is 3.38. The van der Waals surface area contributed by atoms with Gasteiger partial charge in [0.15, 0.2) is 0 Å². The molecule has 3 aromatic rings. The minimum absolute atomic E-state index is 0.289. The fourth-order valence-corrected chi connectivity index (χ4v) is 2.13. The molecular formula is C14H8BrFN2. The number of hydrogen-bond acceptors (Lipinski definition) is 2. The molecule has 0 unspecified atom stereocenters. The SMILES string of the molecule is Fc1ccccc1-c1cnc2cc(Br)ccc2n1. The van der Waals surface area contributed by atoms with E-state index in [1.54, 1.807) is 24.4 Å². The summed E-state index contributed by atoms with van der Waals surface area (Å²) in [5.41, 5.74) is 2.54. The highest BCUT2D eigenvalue weighted by Gasteiger charge is 2.07. The Kier molecular flexibility index (Phi) is 2.80. The monoisotopic (exact) mass is 302 g/mol.